The summed E-state index contributed by atoms with van der Waals surface area (Å²) >= 11 is 0. The average molecular weight is 337 g/mol. The molecule has 6 nitrogen and oxygen atoms in total. The van der Waals surface area contributed by atoms with Crippen molar-refractivity contribution >= 4 is 23.9 Å². The van der Waals surface area contributed by atoms with Crippen molar-refractivity contribution in [3.63, 3.8) is 0 Å². The number of cyclic esters (lactones) is 1. The number of esters is 2. The van der Waals surface area contributed by atoms with Crippen LogP contribution in [0.15, 0.2) is 59.2 Å². The van der Waals surface area contributed by atoms with Gasteiger partial charge in [-0.05, 0) is 29.8 Å². The summed E-state index contributed by atoms with van der Waals surface area (Å²) in [6, 6.07) is 14.1. The second-order valence-electron chi connectivity index (χ2n) is 5.12. The van der Waals surface area contributed by atoms with Crippen molar-refractivity contribution in [2.45, 2.75) is 0 Å². The Hall–Kier alpha value is -3.41. The summed E-state index contributed by atoms with van der Waals surface area (Å²) in [6.45, 7) is 0. The van der Waals surface area contributed by atoms with Crippen molar-refractivity contribution in [2.24, 2.45) is 4.99 Å². The molecule has 0 saturated carbocycles. The minimum atomic E-state index is -0.586. The first kappa shape index (κ1) is 16.4. The molecule has 1 aliphatic heterocycles. The van der Waals surface area contributed by atoms with E-state index < -0.39 is 11.9 Å². The summed E-state index contributed by atoms with van der Waals surface area (Å²) in [6.07, 6.45) is 1.48. The first-order chi connectivity index (χ1) is 12.1. The predicted molar refractivity (Wildman–Crippen MR) is 91.4 cm³/mol. The lowest BCUT2D eigenvalue weighted by Gasteiger charge is -2.09. The van der Waals surface area contributed by atoms with Gasteiger partial charge in [-0.25, -0.2) is 14.6 Å². The van der Waals surface area contributed by atoms with Crippen LogP contribution in [0.2, 0.25) is 0 Å². The zero-order valence-corrected chi connectivity index (χ0v) is 13.7. The normalized spacial score (nSPS) is 14.9. The molecule has 0 amide bonds. The quantitative estimate of drug-likeness (QED) is 0.633. The Morgan fingerprint density at radius 3 is 2.52 bits per heavy atom. The van der Waals surface area contributed by atoms with Gasteiger partial charge in [0, 0.05) is 5.56 Å². The fourth-order valence-corrected chi connectivity index (χ4v) is 2.42. The number of hydrogen-bond acceptors (Lipinski definition) is 6. The van der Waals surface area contributed by atoms with Crippen LogP contribution >= 0.6 is 0 Å². The van der Waals surface area contributed by atoms with Gasteiger partial charge in [-0.15, -0.1) is 0 Å². The van der Waals surface area contributed by atoms with E-state index in [-0.39, 0.29) is 17.2 Å². The van der Waals surface area contributed by atoms with Crippen LogP contribution in [0.1, 0.15) is 21.5 Å². The summed E-state index contributed by atoms with van der Waals surface area (Å²) in [5.41, 5.74) is 1.46. The molecule has 6 heteroatoms. The molecule has 0 aliphatic carbocycles. The van der Waals surface area contributed by atoms with Gasteiger partial charge in [0.1, 0.15) is 11.3 Å². The van der Waals surface area contributed by atoms with Crippen LogP contribution in [-0.2, 0) is 14.3 Å². The molecule has 3 rings (SSSR count). The molecule has 126 valence electrons. The minimum Gasteiger partial charge on any atom is -0.496 e. The molecular weight excluding hydrogens is 322 g/mol. The highest BCUT2D eigenvalue weighted by molar-refractivity contribution is 6.13. The fraction of sp³-hybridized carbons (Fsp3) is 0.105. The molecule has 0 aromatic heterocycles. The minimum absolute atomic E-state index is 0.0947. The molecule has 0 radical (unpaired) electrons. The number of nitrogens with zero attached hydrogens (tertiary/aromatic N) is 1. The summed E-state index contributed by atoms with van der Waals surface area (Å²) in [4.78, 5) is 28.4. The molecule has 0 spiro atoms. The largest absolute Gasteiger partial charge is 0.496 e. The van der Waals surface area contributed by atoms with E-state index in [1.165, 1.54) is 20.3 Å². The van der Waals surface area contributed by atoms with Crippen molar-refractivity contribution in [3.8, 4) is 5.75 Å². The second-order valence-corrected chi connectivity index (χ2v) is 5.12. The van der Waals surface area contributed by atoms with Gasteiger partial charge in [-0.3, -0.25) is 0 Å². The third-order valence-corrected chi connectivity index (χ3v) is 3.60. The Bertz CT molecular complexity index is 884. The second kappa shape index (κ2) is 7.00. The van der Waals surface area contributed by atoms with E-state index in [2.05, 4.69) is 4.99 Å². The molecule has 0 atom stereocenters. The van der Waals surface area contributed by atoms with Crippen LogP contribution < -0.4 is 4.74 Å². The standard InChI is InChI=1S/C19H15NO5/c1-23-15-10-6-9-13(16(15)19(22)24-2)11-14-18(21)25-17(20-14)12-7-4-3-5-8-12/h3-11H,1-2H3/b14-11+. The molecule has 0 fully saturated rings. The third-order valence-electron chi connectivity index (χ3n) is 3.60. The highest BCUT2D eigenvalue weighted by atomic mass is 16.6. The molecule has 2 aromatic rings. The Kier molecular flexibility index (Phi) is 4.61. The van der Waals surface area contributed by atoms with Gasteiger partial charge in [0.15, 0.2) is 5.70 Å². The summed E-state index contributed by atoms with van der Waals surface area (Å²) in [5.74, 6) is -0.584. The molecule has 0 saturated heterocycles. The van der Waals surface area contributed by atoms with E-state index in [1.807, 2.05) is 18.2 Å². The number of aliphatic imine (C=N–C) groups is 1. The van der Waals surface area contributed by atoms with Gasteiger partial charge >= 0.3 is 11.9 Å². The summed E-state index contributed by atoms with van der Waals surface area (Å²) in [7, 11) is 2.73. The molecule has 25 heavy (non-hydrogen) atoms. The fourth-order valence-electron chi connectivity index (χ4n) is 2.42. The molecule has 0 N–H and O–H groups in total. The number of carbonyl (C=O) groups is 2. The van der Waals surface area contributed by atoms with Gasteiger partial charge in [0.25, 0.3) is 0 Å². The van der Waals surface area contributed by atoms with Gasteiger partial charge in [0.2, 0.25) is 5.90 Å². The SMILES string of the molecule is COC(=O)c1c(/C=C2/N=C(c3ccccc3)OC2=O)cccc1OC. The highest BCUT2D eigenvalue weighted by Crippen LogP contribution is 2.27. The predicted octanol–water partition coefficient (Wildman–Crippen LogP) is 2.83. The number of ether oxygens (including phenoxy) is 3. The summed E-state index contributed by atoms with van der Waals surface area (Å²) < 4.78 is 15.2. The van der Waals surface area contributed by atoms with Gasteiger partial charge in [-0.2, -0.15) is 0 Å². The average Bonchev–Trinajstić information content (AvgIpc) is 3.02. The number of benzene rings is 2. The lowest BCUT2D eigenvalue weighted by Crippen LogP contribution is -2.07. The lowest BCUT2D eigenvalue weighted by atomic mass is 10.1. The topological polar surface area (TPSA) is 74.2 Å². The molecule has 0 unspecified atom stereocenters. The maximum atomic E-state index is 12.1. The first-order valence-corrected chi connectivity index (χ1v) is 7.47. The van der Waals surface area contributed by atoms with Crippen molar-refractivity contribution in [2.75, 3.05) is 14.2 Å². The van der Waals surface area contributed by atoms with Crippen LogP contribution in [0.4, 0.5) is 0 Å². The van der Waals surface area contributed by atoms with Crippen molar-refractivity contribution < 1.29 is 23.8 Å². The van der Waals surface area contributed by atoms with Crippen LogP contribution in [0.25, 0.3) is 6.08 Å². The molecule has 0 bridgehead atoms. The van der Waals surface area contributed by atoms with Gasteiger partial charge < -0.3 is 14.2 Å². The third kappa shape index (κ3) is 3.28. The number of methoxy groups -OCH3 is 2. The molecule has 1 heterocycles. The number of carbonyl (C=O) groups excluding carboxylic acids is 2. The molecule has 1 aliphatic rings. The number of rotatable bonds is 4. The Morgan fingerprint density at radius 2 is 1.84 bits per heavy atom. The van der Waals surface area contributed by atoms with Crippen LogP contribution in [0, 0.1) is 0 Å². The Morgan fingerprint density at radius 1 is 1.08 bits per heavy atom. The van der Waals surface area contributed by atoms with Crippen molar-refractivity contribution in [3.05, 3.63) is 70.9 Å². The van der Waals surface area contributed by atoms with E-state index in [4.69, 9.17) is 14.2 Å². The zero-order valence-electron chi connectivity index (χ0n) is 13.7. The zero-order chi connectivity index (χ0) is 17.8. The van der Waals surface area contributed by atoms with E-state index in [9.17, 15) is 9.59 Å². The lowest BCUT2D eigenvalue weighted by molar-refractivity contribution is -0.129. The maximum Gasteiger partial charge on any atom is 0.363 e. The van der Waals surface area contributed by atoms with Crippen LogP contribution in [-0.4, -0.2) is 32.1 Å². The van der Waals surface area contributed by atoms with E-state index in [0.29, 0.717) is 16.9 Å². The van der Waals surface area contributed by atoms with Crippen molar-refractivity contribution in [1.82, 2.24) is 0 Å². The van der Waals surface area contributed by atoms with E-state index in [0.717, 1.165) is 0 Å². The smallest absolute Gasteiger partial charge is 0.363 e. The van der Waals surface area contributed by atoms with Crippen LogP contribution in [0.3, 0.4) is 0 Å². The van der Waals surface area contributed by atoms with Crippen LogP contribution in [0.5, 0.6) is 5.75 Å². The molecular formula is C19H15NO5. The first-order valence-electron chi connectivity index (χ1n) is 7.47. The molecule has 2 aromatic carbocycles. The monoisotopic (exact) mass is 337 g/mol. The Balaban J connectivity index is 2.05. The highest BCUT2D eigenvalue weighted by Gasteiger charge is 2.25. The van der Waals surface area contributed by atoms with Gasteiger partial charge in [-0.1, -0.05) is 30.3 Å². The summed E-state index contributed by atoms with van der Waals surface area (Å²) in [5, 5.41) is 0. The van der Waals surface area contributed by atoms with Crippen molar-refractivity contribution in [1.29, 1.82) is 0 Å². The van der Waals surface area contributed by atoms with Gasteiger partial charge in [0.05, 0.1) is 14.2 Å². The van der Waals surface area contributed by atoms with E-state index >= 15 is 0 Å². The number of hydrogen-bond donors (Lipinski definition) is 0. The van der Waals surface area contributed by atoms with E-state index in [1.54, 1.807) is 30.3 Å². The maximum absolute atomic E-state index is 12.1. The Labute approximate surface area is 144 Å².